The normalized spacial score (nSPS) is 10.8. The van der Waals surface area contributed by atoms with E-state index < -0.39 is 0 Å². The number of nitrogens with one attached hydrogen (secondary N) is 2. The van der Waals surface area contributed by atoms with Gasteiger partial charge in [0.2, 0.25) is 5.91 Å². The maximum absolute atomic E-state index is 11.8. The van der Waals surface area contributed by atoms with Gasteiger partial charge in [-0.25, -0.2) is 4.99 Å². The minimum Gasteiger partial charge on any atom is -0.382 e. The third-order valence-electron chi connectivity index (χ3n) is 3.99. The fraction of sp³-hybridized carbons (Fsp3) is 0.600. The molecule has 0 bridgehead atoms. The number of guanidine groups is 1. The summed E-state index contributed by atoms with van der Waals surface area (Å²) in [5.74, 6) is 0.651. The largest absolute Gasteiger partial charge is 0.382 e. The monoisotopic (exact) mass is 505 g/mol. The third-order valence-corrected chi connectivity index (χ3v) is 3.99. The van der Waals surface area contributed by atoms with Gasteiger partial charge in [-0.2, -0.15) is 0 Å². The number of amides is 1. The van der Waals surface area contributed by atoms with Crippen LogP contribution in [-0.2, 0) is 9.53 Å². The molecule has 1 aromatic rings. The summed E-state index contributed by atoms with van der Waals surface area (Å²) in [6, 6.07) is 10.3. The average molecular weight is 505 g/mol. The van der Waals surface area contributed by atoms with Crippen molar-refractivity contribution in [3.8, 4) is 0 Å². The quantitative estimate of drug-likeness (QED) is 0.197. The molecular weight excluding hydrogens is 469 g/mol. The van der Waals surface area contributed by atoms with Crippen LogP contribution in [0.25, 0.3) is 0 Å². The van der Waals surface area contributed by atoms with Gasteiger partial charge in [0.1, 0.15) is 6.54 Å². The number of benzene rings is 1. The number of anilines is 1. The molecule has 1 amide bonds. The molecule has 0 saturated heterocycles. The highest BCUT2D eigenvalue weighted by Gasteiger charge is 2.05. The van der Waals surface area contributed by atoms with Crippen molar-refractivity contribution >= 4 is 41.5 Å². The van der Waals surface area contributed by atoms with E-state index in [9.17, 15) is 4.79 Å². The molecule has 160 valence electrons. The summed E-state index contributed by atoms with van der Waals surface area (Å²) in [7, 11) is 5.56. The number of aliphatic imine (C=N–C) groups is 1. The van der Waals surface area contributed by atoms with E-state index >= 15 is 0 Å². The SMILES string of the molecule is CCOCCCNC(=NCC(=O)N(C)C)NCCCN(C)c1ccccc1.I. The first-order valence-electron chi connectivity index (χ1n) is 9.60. The number of nitrogens with zero attached hydrogens (tertiary/aromatic N) is 3. The molecule has 0 fully saturated rings. The van der Waals surface area contributed by atoms with Crippen molar-refractivity contribution in [3.05, 3.63) is 30.3 Å². The molecule has 1 aromatic carbocycles. The van der Waals surface area contributed by atoms with Gasteiger partial charge in [0, 0.05) is 59.7 Å². The Balaban J connectivity index is 0.00000729. The van der Waals surface area contributed by atoms with Crippen molar-refractivity contribution in [2.45, 2.75) is 19.8 Å². The van der Waals surface area contributed by atoms with E-state index in [2.05, 4.69) is 39.7 Å². The molecule has 8 heteroatoms. The second-order valence-corrected chi connectivity index (χ2v) is 6.47. The molecule has 7 nitrogen and oxygen atoms in total. The van der Waals surface area contributed by atoms with E-state index in [1.54, 1.807) is 19.0 Å². The highest BCUT2D eigenvalue weighted by Crippen LogP contribution is 2.10. The smallest absolute Gasteiger partial charge is 0.243 e. The summed E-state index contributed by atoms with van der Waals surface area (Å²) in [6.07, 6.45) is 1.86. The first kappa shape index (κ1) is 26.4. The number of hydrogen-bond acceptors (Lipinski definition) is 4. The molecule has 28 heavy (non-hydrogen) atoms. The van der Waals surface area contributed by atoms with Crippen LogP contribution in [0, 0.1) is 0 Å². The molecule has 1 rings (SSSR count). The number of likely N-dealkylation sites (N-methyl/N-ethyl adjacent to an activating group) is 1. The minimum absolute atomic E-state index is 0. The Bertz CT molecular complexity index is 555. The van der Waals surface area contributed by atoms with E-state index in [1.165, 1.54) is 5.69 Å². The van der Waals surface area contributed by atoms with Crippen LogP contribution in [-0.4, -0.2) is 77.3 Å². The number of para-hydroxylation sites is 1. The van der Waals surface area contributed by atoms with E-state index in [0.29, 0.717) is 5.96 Å². The van der Waals surface area contributed by atoms with Crippen LogP contribution in [0.2, 0.25) is 0 Å². The van der Waals surface area contributed by atoms with Gasteiger partial charge in [0.05, 0.1) is 0 Å². The predicted octanol–water partition coefficient (Wildman–Crippen LogP) is 2.18. The van der Waals surface area contributed by atoms with Crippen LogP contribution in [0.1, 0.15) is 19.8 Å². The summed E-state index contributed by atoms with van der Waals surface area (Å²) in [5.41, 5.74) is 1.21. The Labute approximate surface area is 186 Å². The molecule has 0 atom stereocenters. The molecule has 0 aliphatic carbocycles. The van der Waals surface area contributed by atoms with Gasteiger partial charge in [0.25, 0.3) is 0 Å². The Morgan fingerprint density at radius 1 is 1.07 bits per heavy atom. The summed E-state index contributed by atoms with van der Waals surface area (Å²) in [4.78, 5) is 19.9. The van der Waals surface area contributed by atoms with Crippen molar-refractivity contribution in [1.29, 1.82) is 0 Å². The van der Waals surface area contributed by atoms with Crippen LogP contribution in [0.5, 0.6) is 0 Å². The van der Waals surface area contributed by atoms with Crippen LogP contribution in [0.3, 0.4) is 0 Å². The Hall–Kier alpha value is -1.55. The fourth-order valence-corrected chi connectivity index (χ4v) is 2.32. The number of halogens is 1. The lowest BCUT2D eigenvalue weighted by Gasteiger charge is -2.20. The topological polar surface area (TPSA) is 69.2 Å². The first-order chi connectivity index (χ1) is 13.0. The number of hydrogen-bond donors (Lipinski definition) is 2. The van der Waals surface area contributed by atoms with Gasteiger partial charge >= 0.3 is 0 Å². The van der Waals surface area contributed by atoms with E-state index in [1.807, 2.05) is 25.1 Å². The predicted molar refractivity (Wildman–Crippen MR) is 128 cm³/mol. The van der Waals surface area contributed by atoms with Gasteiger partial charge in [0.15, 0.2) is 5.96 Å². The van der Waals surface area contributed by atoms with Gasteiger partial charge < -0.3 is 25.2 Å². The molecule has 2 N–H and O–H groups in total. The van der Waals surface area contributed by atoms with E-state index in [4.69, 9.17) is 4.74 Å². The van der Waals surface area contributed by atoms with Crippen molar-refractivity contribution in [2.24, 2.45) is 4.99 Å². The standard InChI is InChI=1S/C20H35N5O2.HI/c1-5-27-16-10-14-22-20(23-17-19(26)24(2)3)21-13-9-15-25(4)18-11-7-6-8-12-18;/h6-8,11-12H,5,9-10,13-17H2,1-4H3,(H2,21,22,23);1H. The van der Waals surface area contributed by atoms with Gasteiger partial charge in [-0.05, 0) is 31.9 Å². The molecular formula is C20H36IN5O2. The second kappa shape index (κ2) is 16.4. The summed E-state index contributed by atoms with van der Waals surface area (Å²) in [5, 5.41) is 6.58. The summed E-state index contributed by atoms with van der Waals surface area (Å²) in [6.45, 7) is 6.04. The minimum atomic E-state index is -0.0192. The Morgan fingerprint density at radius 2 is 1.71 bits per heavy atom. The number of carbonyl (C=O) groups excluding carboxylic acids is 1. The lowest BCUT2D eigenvalue weighted by molar-refractivity contribution is -0.127. The number of rotatable bonds is 12. The van der Waals surface area contributed by atoms with Crippen LogP contribution in [0.4, 0.5) is 5.69 Å². The lowest BCUT2D eigenvalue weighted by Crippen LogP contribution is -2.40. The van der Waals surface area contributed by atoms with Crippen molar-refractivity contribution in [1.82, 2.24) is 15.5 Å². The van der Waals surface area contributed by atoms with Gasteiger partial charge in [-0.1, -0.05) is 18.2 Å². The van der Waals surface area contributed by atoms with Crippen molar-refractivity contribution in [3.63, 3.8) is 0 Å². The van der Waals surface area contributed by atoms with Crippen molar-refractivity contribution in [2.75, 3.05) is 65.4 Å². The second-order valence-electron chi connectivity index (χ2n) is 6.47. The maximum atomic E-state index is 11.8. The average Bonchev–Trinajstić information content (AvgIpc) is 2.68. The van der Waals surface area contributed by atoms with E-state index in [0.717, 1.165) is 45.7 Å². The molecule has 0 radical (unpaired) electrons. The molecule has 0 heterocycles. The summed E-state index contributed by atoms with van der Waals surface area (Å²) >= 11 is 0. The van der Waals surface area contributed by atoms with Crippen molar-refractivity contribution < 1.29 is 9.53 Å². The van der Waals surface area contributed by atoms with Gasteiger partial charge in [-0.3, -0.25) is 4.79 Å². The van der Waals surface area contributed by atoms with Gasteiger partial charge in [-0.15, -0.1) is 24.0 Å². The Morgan fingerprint density at radius 3 is 2.32 bits per heavy atom. The lowest BCUT2D eigenvalue weighted by atomic mass is 10.3. The van der Waals surface area contributed by atoms with E-state index in [-0.39, 0.29) is 36.4 Å². The molecule has 0 aliphatic rings. The van der Waals surface area contributed by atoms with Crippen LogP contribution >= 0.6 is 24.0 Å². The zero-order chi connectivity index (χ0) is 19.9. The highest BCUT2D eigenvalue weighted by atomic mass is 127. The molecule has 0 spiro atoms. The third kappa shape index (κ3) is 12.0. The van der Waals surface area contributed by atoms with Crippen LogP contribution in [0.15, 0.2) is 35.3 Å². The zero-order valence-electron chi connectivity index (χ0n) is 17.6. The molecule has 0 unspecified atom stereocenters. The van der Waals surface area contributed by atoms with Crippen LogP contribution < -0.4 is 15.5 Å². The zero-order valence-corrected chi connectivity index (χ0v) is 19.9. The molecule has 0 saturated carbocycles. The molecule has 0 aromatic heterocycles. The number of carbonyl (C=O) groups is 1. The fourth-order valence-electron chi connectivity index (χ4n) is 2.32. The molecule has 0 aliphatic heterocycles. The Kier molecular flexibility index (Phi) is 15.5. The highest BCUT2D eigenvalue weighted by molar-refractivity contribution is 14.0. The maximum Gasteiger partial charge on any atom is 0.243 e. The first-order valence-corrected chi connectivity index (χ1v) is 9.60. The number of ether oxygens (including phenoxy) is 1. The summed E-state index contributed by atoms with van der Waals surface area (Å²) < 4.78 is 5.35.